The minimum atomic E-state index is -0.473. The number of aromatic nitrogens is 2. The highest BCUT2D eigenvalue weighted by Gasteiger charge is 2.14. The predicted molar refractivity (Wildman–Crippen MR) is 70.5 cm³/mol. The van der Waals surface area contributed by atoms with Crippen LogP contribution in [0.4, 0.5) is 23.1 Å². The van der Waals surface area contributed by atoms with Gasteiger partial charge in [-0.25, -0.2) is 4.98 Å². The lowest BCUT2D eigenvalue weighted by Gasteiger charge is -2.06. The van der Waals surface area contributed by atoms with Crippen LogP contribution in [-0.4, -0.2) is 14.9 Å². The van der Waals surface area contributed by atoms with Gasteiger partial charge >= 0.3 is 0 Å². The highest BCUT2D eigenvalue weighted by molar-refractivity contribution is 9.10. The summed E-state index contributed by atoms with van der Waals surface area (Å²) in [6.07, 6.45) is 1.47. The summed E-state index contributed by atoms with van der Waals surface area (Å²) in [5, 5.41) is 13.7. The van der Waals surface area contributed by atoms with Crippen LogP contribution in [0.5, 0.6) is 0 Å². The van der Waals surface area contributed by atoms with Gasteiger partial charge in [-0.3, -0.25) is 10.1 Å². The summed E-state index contributed by atoms with van der Waals surface area (Å²) in [6, 6.07) is 6.16. The number of nitrogens with two attached hydrogens (primary N) is 1. The molecule has 0 fully saturated rings. The van der Waals surface area contributed by atoms with E-state index in [0.717, 1.165) is 4.47 Å². The molecule has 0 aliphatic carbocycles. The number of anilines is 3. The second-order valence-corrected chi connectivity index (χ2v) is 4.26. The molecule has 2 aromatic rings. The monoisotopic (exact) mass is 309 g/mol. The van der Waals surface area contributed by atoms with E-state index in [2.05, 4.69) is 31.2 Å². The molecule has 0 bridgehead atoms. The summed E-state index contributed by atoms with van der Waals surface area (Å²) >= 11 is 3.25. The second kappa shape index (κ2) is 4.96. The van der Waals surface area contributed by atoms with E-state index in [0.29, 0.717) is 11.5 Å². The zero-order valence-electron chi connectivity index (χ0n) is 9.00. The number of nitrogen functional groups attached to an aromatic ring is 1. The molecule has 2 rings (SSSR count). The number of benzene rings is 1. The maximum absolute atomic E-state index is 10.9. The van der Waals surface area contributed by atoms with Gasteiger partial charge in [0.15, 0.2) is 0 Å². The first-order valence-corrected chi connectivity index (χ1v) is 5.65. The lowest BCUT2D eigenvalue weighted by molar-refractivity contribution is -0.383. The molecule has 1 heterocycles. The van der Waals surface area contributed by atoms with Crippen molar-refractivity contribution in [2.75, 3.05) is 11.1 Å². The minimum absolute atomic E-state index is 0.0459. The molecular formula is C10H8BrN5O2. The van der Waals surface area contributed by atoms with E-state index in [1.165, 1.54) is 12.3 Å². The lowest BCUT2D eigenvalue weighted by atomic mass is 10.2. The number of nitro benzene ring substituents is 1. The third kappa shape index (κ3) is 2.72. The summed E-state index contributed by atoms with van der Waals surface area (Å²) in [6.45, 7) is 0. The number of hydrogen-bond donors (Lipinski definition) is 2. The molecule has 0 aliphatic heterocycles. The number of nitro groups is 1. The summed E-state index contributed by atoms with van der Waals surface area (Å²) < 4.78 is 0.720. The van der Waals surface area contributed by atoms with Crippen molar-refractivity contribution in [2.45, 2.75) is 0 Å². The second-order valence-electron chi connectivity index (χ2n) is 3.34. The maximum Gasteiger partial charge on any atom is 0.292 e. The smallest absolute Gasteiger partial charge is 0.292 e. The Labute approximate surface area is 110 Å². The average molecular weight is 310 g/mol. The molecule has 3 N–H and O–H groups in total. The van der Waals surface area contributed by atoms with E-state index in [9.17, 15) is 10.1 Å². The summed E-state index contributed by atoms with van der Waals surface area (Å²) in [5.74, 6) is 0.487. The van der Waals surface area contributed by atoms with Crippen molar-refractivity contribution in [2.24, 2.45) is 0 Å². The van der Waals surface area contributed by atoms with Crippen molar-refractivity contribution in [1.82, 2.24) is 9.97 Å². The zero-order valence-corrected chi connectivity index (χ0v) is 10.6. The Hall–Kier alpha value is -2.22. The van der Waals surface area contributed by atoms with Gasteiger partial charge in [0, 0.05) is 16.7 Å². The van der Waals surface area contributed by atoms with Gasteiger partial charge in [0.05, 0.1) is 4.92 Å². The summed E-state index contributed by atoms with van der Waals surface area (Å²) in [7, 11) is 0. The average Bonchev–Trinajstić information content (AvgIpc) is 2.28. The quantitative estimate of drug-likeness (QED) is 0.666. The Bertz CT molecular complexity index is 605. The van der Waals surface area contributed by atoms with Crippen molar-refractivity contribution in [3.05, 3.63) is 45.0 Å². The van der Waals surface area contributed by atoms with E-state index in [1.54, 1.807) is 18.2 Å². The van der Waals surface area contributed by atoms with Gasteiger partial charge in [-0.05, 0) is 18.2 Å². The van der Waals surface area contributed by atoms with Crippen LogP contribution in [0.25, 0.3) is 0 Å². The molecule has 92 valence electrons. The van der Waals surface area contributed by atoms with E-state index in [1.807, 2.05) is 0 Å². The topological polar surface area (TPSA) is 107 Å². The van der Waals surface area contributed by atoms with Crippen molar-refractivity contribution in [3.8, 4) is 0 Å². The standard InChI is InChI=1S/C10H8BrN5O2/c11-6-1-2-8(16(17)18)7(5-6)14-9-3-4-13-10(12)15-9/h1-5H,(H3,12,13,14,15). The lowest BCUT2D eigenvalue weighted by Crippen LogP contribution is -2.01. The van der Waals surface area contributed by atoms with E-state index in [-0.39, 0.29) is 11.6 Å². The SMILES string of the molecule is Nc1nccc(Nc2cc(Br)ccc2[N+](=O)[O-])n1. The van der Waals surface area contributed by atoms with E-state index in [4.69, 9.17) is 5.73 Å². The van der Waals surface area contributed by atoms with Gasteiger partial charge in [-0.2, -0.15) is 4.98 Å². The first-order chi connectivity index (χ1) is 8.56. The highest BCUT2D eigenvalue weighted by Crippen LogP contribution is 2.29. The van der Waals surface area contributed by atoms with E-state index >= 15 is 0 Å². The molecule has 0 spiro atoms. The van der Waals surface area contributed by atoms with Crippen LogP contribution in [0.2, 0.25) is 0 Å². The molecule has 0 radical (unpaired) electrons. The summed E-state index contributed by atoms with van der Waals surface area (Å²) in [5.41, 5.74) is 5.72. The Balaban J connectivity index is 2.39. The van der Waals surface area contributed by atoms with Crippen molar-refractivity contribution in [1.29, 1.82) is 0 Å². The van der Waals surface area contributed by atoms with Gasteiger partial charge in [0.25, 0.3) is 5.69 Å². The fourth-order valence-electron chi connectivity index (χ4n) is 1.35. The van der Waals surface area contributed by atoms with Crippen LogP contribution in [0, 0.1) is 10.1 Å². The zero-order chi connectivity index (χ0) is 13.1. The number of rotatable bonds is 3. The fourth-order valence-corrected chi connectivity index (χ4v) is 1.71. The molecule has 0 amide bonds. The Morgan fingerprint density at radius 3 is 2.83 bits per heavy atom. The van der Waals surface area contributed by atoms with Crippen LogP contribution in [0.15, 0.2) is 34.9 Å². The van der Waals surface area contributed by atoms with Crippen molar-refractivity contribution in [3.63, 3.8) is 0 Å². The van der Waals surface area contributed by atoms with Crippen LogP contribution >= 0.6 is 15.9 Å². The predicted octanol–water partition coefficient (Wildman–Crippen LogP) is 2.47. The molecule has 8 heteroatoms. The first-order valence-electron chi connectivity index (χ1n) is 4.86. The first kappa shape index (κ1) is 12.2. The third-order valence-corrected chi connectivity index (χ3v) is 2.59. The third-order valence-electron chi connectivity index (χ3n) is 2.09. The van der Waals surface area contributed by atoms with Crippen molar-refractivity contribution < 1.29 is 4.92 Å². The fraction of sp³-hybridized carbons (Fsp3) is 0. The Morgan fingerprint density at radius 1 is 1.39 bits per heavy atom. The van der Waals surface area contributed by atoms with Crippen molar-refractivity contribution >= 4 is 39.1 Å². The van der Waals surface area contributed by atoms with Gasteiger partial charge in [0.1, 0.15) is 11.5 Å². The van der Waals surface area contributed by atoms with Gasteiger partial charge in [-0.15, -0.1) is 0 Å². The van der Waals surface area contributed by atoms with Gasteiger partial charge < -0.3 is 11.1 Å². The van der Waals surface area contributed by atoms with Gasteiger partial charge in [-0.1, -0.05) is 15.9 Å². The summed E-state index contributed by atoms with van der Waals surface area (Å²) in [4.78, 5) is 18.1. The number of nitrogens with zero attached hydrogens (tertiary/aromatic N) is 3. The molecule has 0 aliphatic rings. The molecule has 1 aromatic heterocycles. The Morgan fingerprint density at radius 2 is 2.17 bits per heavy atom. The molecule has 0 saturated carbocycles. The molecular weight excluding hydrogens is 302 g/mol. The molecule has 18 heavy (non-hydrogen) atoms. The number of hydrogen-bond acceptors (Lipinski definition) is 6. The molecule has 0 atom stereocenters. The van der Waals surface area contributed by atoms with Crippen LogP contribution < -0.4 is 11.1 Å². The van der Waals surface area contributed by atoms with E-state index < -0.39 is 4.92 Å². The largest absolute Gasteiger partial charge is 0.368 e. The number of nitrogens with one attached hydrogen (secondary N) is 1. The minimum Gasteiger partial charge on any atom is -0.368 e. The van der Waals surface area contributed by atoms with Crippen LogP contribution in [0.1, 0.15) is 0 Å². The maximum atomic E-state index is 10.9. The molecule has 1 aromatic carbocycles. The highest BCUT2D eigenvalue weighted by atomic mass is 79.9. The normalized spacial score (nSPS) is 10.1. The Kier molecular flexibility index (Phi) is 3.38. The number of halogens is 1. The molecule has 0 saturated heterocycles. The van der Waals surface area contributed by atoms with Gasteiger partial charge in [0.2, 0.25) is 5.95 Å². The molecule has 7 nitrogen and oxygen atoms in total. The van der Waals surface area contributed by atoms with Crippen LogP contribution in [-0.2, 0) is 0 Å². The molecule has 0 unspecified atom stereocenters. The van der Waals surface area contributed by atoms with Crippen LogP contribution in [0.3, 0.4) is 0 Å².